The molecule has 1 aromatic heterocycles. The van der Waals surface area contributed by atoms with Crippen molar-refractivity contribution in [3.8, 4) is 0 Å². The molecule has 102 valence electrons. The van der Waals surface area contributed by atoms with Crippen molar-refractivity contribution in [3.05, 3.63) is 18.2 Å². The zero-order valence-electron chi connectivity index (χ0n) is 11.4. The summed E-state index contributed by atoms with van der Waals surface area (Å²) in [6, 6.07) is 0.484. The molecule has 2 heterocycles. The number of rotatable bonds is 5. The SMILES string of the molecule is CC[C@@H](N)c1cncn1C(C)CN1CCOCC1. The van der Waals surface area contributed by atoms with E-state index in [0.717, 1.165) is 45.0 Å². The summed E-state index contributed by atoms with van der Waals surface area (Å²) >= 11 is 0. The molecule has 0 spiro atoms. The van der Waals surface area contributed by atoms with Crippen LogP contribution in [0.25, 0.3) is 0 Å². The standard InChI is InChI=1S/C13H24N4O/c1-3-12(14)13-8-15-10-17(13)11(2)9-16-4-6-18-7-5-16/h8,10-12H,3-7,9,14H2,1-2H3/t11?,12-/m1/s1. The summed E-state index contributed by atoms with van der Waals surface area (Å²) < 4.78 is 7.58. The highest BCUT2D eigenvalue weighted by molar-refractivity contribution is 5.05. The number of ether oxygens (including phenoxy) is 1. The smallest absolute Gasteiger partial charge is 0.0951 e. The van der Waals surface area contributed by atoms with Gasteiger partial charge in [0.05, 0.1) is 25.2 Å². The Bertz CT molecular complexity index is 360. The summed E-state index contributed by atoms with van der Waals surface area (Å²) in [6.45, 7) is 9.10. The maximum atomic E-state index is 6.12. The predicted molar refractivity (Wildman–Crippen MR) is 71.4 cm³/mol. The second-order valence-corrected chi connectivity index (χ2v) is 5.00. The normalized spacial score (nSPS) is 20.8. The molecule has 1 aliphatic heterocycles. The highest BCUT2D eigenvalue weighted by Gasteiger charge is 2.18. The van der Waals surface area contributed by atoms with Gasteiger partial charge >= 0.3 is 0 Å². The Morgan fingerprint density at radius 3 is 2.83 bits per heavy atom. The second-order valence-electron chi connectivity index (χ2n) is 5.00. The summed E-state index contributed by atoms with van der Waals surface area (Å²) in [5.41, 5.74) is 7.25. The maximum absolute atomic E-state index is 6.12. The van der Waals surface area contributed by atoms with Crippen molar-refractivity contribution in [3.63, 3.8) is 0 Å². The summed E-state index contributed by atoms with van der Waals surface area (Å²) in [7, 11) is 0. The first-order valence-electron chi connectivity index (χ1n) is 6.79. The van der Waals surface area contributed by atoms with Crippen LogP contribution in [0.3, 0.4) is 0 Å². The predicted octanol–water partition coefficient (Wildman–Crippen LogP) is 1.19. The first-order valence-corrected chi connectivity index (χ1v) is 6.79. The highest BCUT2D eigenvalue weighted by Crippen LogP contribution is 2.18. The van der Waals surface area contributed by atoms with Crippen LogP contribution in [-0.4, -0.2) is 47.3 Å². The molecule has 1 saturated heterocycles. The van der Waals surface area contributed by atoms with Gasteiger partial charge in [0.1, 0.15) is 0 Å². The van der Waals surface area contributed by atoms with Crippen molar-refractivity contribution in [1.29, 1.82) is 0 Å². The maximum Gasteiger partial charge on any atom is 0.0951 e. The van der Waals surface area contributed by atoms with E-state index in [4.69, 9.17) is 10.5 Å². The fourth-order valence-electron chi connectivity index (χ4n) is 2.42. The van der Waals surface area contributed by atoms with E-state index in [9.17, 15) is 0 Å². The van der Waals surface area contributed by atoms with Gasteiger partial charge in [-0.25, -0.2) is 4.98 Å². The Hall–Kier alpha value is -0.910. The van der Waals surface area contributed by atoms with Crippen molar-refractivity contribution >= 4 is 0 Å². The zero-order chi connectivity index (χ0) is 13.0. The number of aromatic nitrogens is 2. The average Bonchev–Trinajstić information content (AvgIpc) is 2.88. The lowest BCUT2D eigenvalue weighted by atomic mass is 10.1. The lowest BCUT2D eigenvalue weighted by molar-refractivity contribution is 0.0324. The van der Waals surface area contributed by atoms with Crippen LogP contribution in [0.1, 0.15) is 38.0 Å². The minimum atomic E-state index is 0.0830. The molecular weight excluding hydrogens is 228 g/mol. The molecule has 5 nitrogen and oxygen atoms in total. The molecule has 0 bridgehead atoms. The van der Waals surface area contributed by atoms with Crippen LogP contribution in [0, 0.1) is 0 Å². The van der Waals surface area contributed by atoms with E-state index in [1.54, 1.807) is 0 Å². The minimum absolute atomic E-state index is 0.0830. The van der Waals surface area contributed by atoms with E-state index < -0.39 is 0 Å². The number of nitrogens with zero attached hydrogens (tertiary/aromatic N) is 3. The van der Waals surface area contributed by atoms with Gasteiger partial charge in [0.15, 0.2) is 0 Å². The van der Waals surface area contributed by atoms with Crippen LogP contribution in [0.2, 0.25) is 0 Å². The summed E-state index contributed by atoms with van der Waals surface area (Å²) in [4.78, 5) is 6.68. The van der Waals surface area contributed by atoms with Gasteiger partial charge in [0.25, 0.3) is 0 Å². The van der Waals surface area contributed by atoms with Crippen LogP contribution < -0.4 is 5.73 Å². The third-order valence-electron chi connectivity index (χ3n) is 3.62. The summed E-state index contributed by atoms with van der Waals surface area (Å²) in [5, 5.41) is 0. The van der Waals surface area contributed by atoms with Crippen LogP contribution in [0.4, 0.5) is 0 Å². The van der Waals surface area contributed by atoms with Crippen molar-refractivity contribution in [2.75, 3.05) is 32.8 Å². The van der Waals surface area contributed by atoms with Gasteiger partial charge in [-0.15, -0.1) is 0 Å². The van der Waals surface area contributed by atoms with Crippen molar-refractivity contribution in [2.24, 2.45) is 5.73 Å². The van der Waals surface area contributed by atoms with Crippen LogP contribution in [0.15, 0.2) is 12.5 Å². The molecule has 1 aliphatic rings. The lowest BCUT2D eigenvalue weighted by Gasteiger charge is -2.30. The van der Waals surface area contributed by atoms with Gasteiger partial charge in [0.2, 0.25) is 0 Å². The van der Waals surface area contributed by atoms with E-state index in [2.05, 4.69) is 28.3 Å². The number of hydrogen-bond donors (Lipinski definition) is 1. The first kappa shape index (κ1) is 13.5. The molecule has 0 aromatic carbocycles. The van der Waals surface area contributed by atoms with Crippen molar-refractivity contribution in [1.82, 2.24) is 14.5 Å². The van der Waals surface area contributed by atoms with E-state index in [-0.39, 0.29) is 6.04 Å². The number of hydrogen-bond acceptors (Lipinski definition) is 4. The van der Waals surface area contributed by atoms with E-state index in [1.165, 1.54) is 0 Å². The number of nitrogens with two attached hydrogens (primary N) is 1. The topological polar surface area (TPSA) is 56.3 Å². The molecule has 1 unspecified atom stereocenters. The van der Waals surface area contributed by atoms with E-state index >= 15 is 0 Å². The molecule has 2 atom stereocenters. The van der Waals surface area contributed by atoms with Crippen LogP contribution in [0.5, 0.6) is 0 Å². The Balaban J connectivity index is 1.99. The van der Waals surface area contributed by atoms with Crippen molar-refractivity contribution in [2.45, 2.75) is 32.4 Å². The molecule has 2 rings (SSSR count). The van der Waals surface area contributed by atoms with E-state index in [1.807, 2.05) is 12.5 Å². The molecule has 0 saturated carbocycles. The molecule has 0 aliphatic carbocycles. The molecule has 18 heavy (non-hydrogen) atoms. The summed E-state index contributed by atoms with van der Waals surface area (Å²) in [6.07, 6.45) is 4.73. The number of imidazole rings is 1. The largest absolute Gasteiger partial charge is 0.379 e. The Morgan fingerprint density at radius 1 is 1.44 bits per heavy atom. The molecular formula is C13H24N4O. The molecule has 0 radical (unpaired) electrons. The average molecular weight is 252 g/mol. The van der Waals surface area contributed by atoms with Gasteiger partial charge in [0, 0.05) is 37.9 Å². The fourth-order valence-corrected chi connectivity index (χ4v) is 2.42. The van der Waals surface area contributed by atoms with Gasteiger partial charge < -0.3 is 15.0 Å². The molecule has 2 N–H and O–H groups in total. The molecule has 0 amide bonds. The Morgan fingerprint density at radius 2 is 2.17 bits per heavy atom. The van der Waals surface area contributed by atoms with Crippen LogP contribution in [-0.2, 0) is 4.74 Å². The third-order valence-corrected chi connectivity index (χ3v) is 3.62. The molecule has 1 aromatic rings. The lowest BCUT2D eigenvalue weighted by Crippen LogP contribution is -2.39. The highest BCUT2D eigenvalue weighted by atomic mass is 16.5. The molecule has 5 heteroatoms. The van der Waals surface area contributed by atoms with Crippen LogP contribution >= 0.6 is 0 Å². The van der Waals surface area contributed by atoms with Gasteiger partial charge in [-0.1, -0.05) is 6.92 Å². The Kier molecular flexibility index (Phi) is 4.74. The monoisotopic (exact) mass is 252 g/mol. The fraction of sp³-hybridized carbons (Fsp3) is 0.769. The van der Waals surface area contributed by atoms with Gasteiger partial charge in [-0.05, 0) is 13.3 Å². The second kappa shape index (κ2) is 6.31. The zero-order valence-corrected chi connectivity index (χ0v) is 11.4. The first-order chi connectivity index (χ1) is 8.72. The van der Waals surface area contributed by atoms with Crippen molar-refractivity contribution < 1.29 is 4.74 Å². The Labute approximate surface area is 109 Å². The molecule has 1 fully saturated rings. The summed E-state index contributed by atoms with van der Waals surface area (Å²) in [5.74, 6) is 0. The van der Waals surface area contributed by atoms with E-state index in [0.29, 0.717) is 6.04 Å². The quantitative estimate of drug-likeness (QED) is 0.855. The van der Waals surface area contributed by atoms with Gasteiger partial charge in [-0.2, -0.15) is 0 Å². The number of morpholine rings is 1. The third kappa shape index (κ3) is 3.10. The minimum Gasteiger partial charge on any atom is -0.379 e. The van der Waals surface area contributed by atoms with Gasteiger partial charge in [-0.3, -0.25) is 4.90 Å².